The highest BCUT2D eigenvalue weighted by Gasteiger charge is 2.12. The molecule has 30 heavy (non-hydrogen) atoms. The minimum absolute atomic E-state index is 0.321. The van der Waals surface area contributed by atoms with E-state index in [1.165, 1.54) is 0 Å². The fraction of sp³-hybridized carbons (Fsp3) is 0.318. The number of hydrogen-bond acceptors (Lipinski definition) is 6. The van der Waals surface area contributed by atoms with Crippen molar-refractivity contribution in [1.29, 1.82) is 5.26 Å². The van der Waals surface area contributed by atoms with Crippen LogP contribution in [-0.4, -0.2) is 37.6 Å². The van der Waals surface area contributed by atoms with E-state index in [0.717, 1.165) is 17.5 Å². The summed E-state index contributed by atoms with van der Waals surface area (Å²) < 4.78 is 11.5. The SMILES string of the molecule is N#CC(N=CNO[C@H](CCOCc1ccccc1)COCc1ccccc1)C(N)=O. The van der Waals surface area contributed by atoms with Gasteiger partial charge in [-0.1, -0.05) is 60.7 Å². The second-order valence-corrected chi connectivity index (χ2v) is 6.40. The first-order valence-corrected chi connectivity index (χ1v) is 9.54. The summed E-state index contributed by atoms with van der Waals surface area (Å²) in [6.07, 6.45) is 1.37. The Morgan fingerprint density at radius 3 is 2.23 bits per heavy atom. The molecule has 0 aromatic heterocycles. The summed E-state index contributed by atoms with van der Waals surface area (Å²) in [5, 5.41) is 8.80. The maximum absolute atomic E-state index is 11.0. The molecule has 0 aliphatic heterocycles. The van der Waals surface area contributed by atoms with E-state index in [4.69, 9.17) is 25.3 Å². The zero-order valence-electron chi connectivity index (χ0n) is 16.6. The van der Waals surface area contributed by atoms with Gasteiger partial charge < -0.3 is 15.2 Å². The molecule has 8 nitrogen and oxygen atoms in total. The van der Waals surface area contributed by atoms with Crippen LogP contribution in [0, 0.1) is 11.3 Å². The molecule has 0 spiro atoms. The molecule has 2 rings (SSSR count). The molecule has 2 atom stereocenters. The van der Waals surface area contributed by atoms with E-state index in [2.05, 4.69) is 10.5 Å². The van der Waals surface area contributed by atoms with Crippen molar-refractivity contribution in [3.63, 3.8) is 0 Å². The number of ether oxygens (including phenoxy) is 2. The summed E-state index contributed by atoms with van der Waals surface area (Å²) in [4.78, 5) is 20.3. The number of amides is 1. The Labute approximate surface area is 176 Å². The molecule has 0 radical (unpaired) electrons. The quantitative estimate of drug-likeness (QED) is 0.213. The largest absolute Gasteiger partial charge is 0.377 e. The van der Waals surface area contributed by atoms with E-state index in [1.54, 1.807) is 6.07 Å². The number of aliphatic imine (C=N–C) groups is 1. The molecule has 0 bridgehead atoms. The van der Waals surface area contributed by atoms with Crippen LogP contribution in [0.3, 0.4) is 0 Å². The fourth-order valence-corrected chi connectivity index (χ4v) is 2.44. The number of carbonyl (C=O) groups is 1. The van der Waals surface area contributed by atoms with E-state index in [-0.39, 0.29) is 6.10 Å². The second kappa shape index (κ2) is 13.8. The highest BCUT2D eigenvalue weighted by molar-refractivity contribution is 5.84. The van der Waals surface area contributed by atoms with Gasteiger partial charge in [0.25, 0.3) is 5.91 Å². The van der Waals surface area contributed by atoms with E-state index < -0.39 is 11.9 Å². The zero-order valence-corrected chi connectivity index (χ0v) is 16.6. The lowest BCUT2D eigenvalue weighted by Crippen LogP contribution is -2.30. The van der Waals surface area contributed by atoms with Gasteiger partial charge in [0.2, 0.25) is 6.04 Å². The van der Waals surface area contributed by atoms with Crippen LogP contribution >= 0.6 is 0 Å². The van der Waals surface area contributed by atoms with E-state index >= 15 is 0 Å². The number of nitrogens with two attached hydrogens (primary N) is 1. The minimum atomic E-state index is -1.26. The van der Waals surface area contributed by atoms with Crippen LogP contribution < -0.4 is 11.2 Å². The zero-order chi connectivity index (χ0) is 21.4. The molecule has 0 aliphatic rings. The van der Waals surface area contributed by atoms with Gasteiger partial charge in [0.1, 0.15) is 12.4 Å². The Hall–Kier alpha value is -3.25. The third kappa shape index (κ3) is 9.30. The Bertz CT molecular complexity index is 809. The smallest absolute Gasteiger partial charge is 0.256 e. The first kappa shape index (κ1) is 23.0. The van der Waals surface area contributed by atoms with Gasteiger partial charge in [0.05, 0.1) is 25.9 Å². The average molecular weight is 410 g/mol. The van der Waals surface area contributed by atoms with Crippen LogP contribution in [0.15, 0.2) is 65.7 Å². The summed E-state index contributed by atoms with van der Waals surface area (Å²) >= 11 is 0. The molecular formula is C22H26N4O4. The predicted octanol–water partition coefficient (Wildman–Crippen LogP) is 2.11. The topological polar surface area (TPSA) is 119 Å². The third-order valence-corrected chi connectivity index (χ3v) is 4.01. The van der Waals surface area contributed by atoms with Crippen molar-refractivity contribution in [2.24, 2.45) is 10.7 Å². The van der Waals surface area contributed by atoms with Crippen LogP contribution in [0.25, 0.3) is 0 Å². The monoisotopic (exact) mass is 410 g/mol. The minimum Gasteiger partial charge on any atom is -0.377 e. The van der Waals surface area contributed by atoms with Gasteiger partial charge in [-0.05, 0) is 11.1 Å². The lowest BCUT2D eigenvalue weighted by Gasteiger charge is -2.17. The van der Waals surface area contributed by atoms with Gasteiger partial charge in [-0.2, -0.15) is 5.26 Å². The number of benzene rings is 2. The van der Waals surface area contributed by atoms with Crippen molar-refractivity contribution in [1.82, 2.24) is 5.48 Å². The van der Waals surface area contributed by atoms with Gasteiger partial charge in [-0.15, -0.1) is 0 Å². The summed E-state index contributed by atoms with van der Waals surface area (Å²) in [6.45, 7) is 1.75. The van der Waals surface area contributed by atoms with Gasteiger partial charge in [0.15, 0.2) is 0 Å². The second-order valence-electron chi connectivity index (χ2n) is 6.40. The highest BCUT2D eigenvalue weighted by Crippen LogP contribution is 2.06. The molecule has 0 aliphatic carbocycles. The molecule has 0 saturated carbocycles. The summed E-state index contributed by atoms with van der Waals surface area (Å²) in [5.74, 6) is -0.826. The predicted molar refractivity (Wildman–Crippen MR) is 112 cm³/mol. The van der Waals surface area contributed by atoms with Crippen molar-refractivity contribution in [2.45, 2.75) is 31.8 Å². The van der Waals surface area contributed by atoms with Crippen LogP contribution in [0.1, 0.15) is 17.5 Å². The number of nitrogens with one attached hydrogen (secondary N) is 1. The molecule has 8 heteroatoms. The van der Waals surface area contributed by atoms with Gasteiger partial charge in [-0.25, -0.2) is 4.99 Å². The van der Waals surface area contributed by atoms with E-state index in [1.807, 2.05) is 60.7 Å². The number of nitriles is 1. The fourth-order valence-electron chi connectivity index (χ4n) is 2.44. The Morgan fingerprint density at radius 1 is 1.07 bits per heavy atom. The first-order chi connectivity index (χ1) is 14.7. The van der Waals surface area contributed by atoms with Gasteiger partial charge in [0, 0.05) is 13.0 Å². The Morgan fingerprint density at radius 2 is 1.67 bits per heavy atom. The van der Waals surface area contributed by atoms with Crippen molar-refractivity contribution in [2.75, 3.05) is 13.2 Å². The highest BCUT2D eigenvalue weighted by atomic mass is 16.7. The third-order valence-electron chi connectivity index (χ3n) is 4.01. The van der Waals surface area contributed by atoms with Crippen molar-refractivity contribution >= 4 is 12.2 Å². The van der Waals surface area contributed by atoms with Crippen molar-refractivity contribution in [3.05, 3.63) is 71.8 Å². The summed E-state index contributed by atoms with van der Waals surface area (Å²) in [7, 11) is 0. The van der Waals surface area contributed by atoms with Gasteiger partial charge >= 0.3 is 0 Å². The molecule has 1 amide bonds. The molecule has 158 valence electrons. The average Bonchev–Trinajstić information content (AvgIpc) is 2.77. The van der Waals surface area contributed by atoms with E-state index in [0.29, 0.717) is 32.8 Å². The summed E-state index contributed by atoms with van der Waals surface area (Å²) in [5.41, 5.74) is 9.74. The van der Waals surface area contributed by atoms with Crippen molar-refractivity contribution < 1.29 is 19.1 Å². The summed E-state index contributed by atoms with van der Waals surface area (Å²) in [6, 6.07) is 20.1. The molecule has 2 aromatic rings. The van der Waals surface area contributed by atoms with Crippen LogP contribution in [0.4, 0.5) is 0 Å². The normalized spacial score (nSPS) is 12.9. The number of carbonyl (C=O) groups excluding carboxylic acids is 1. The van der Waals surface area contributed by atoms with Crippen molar-refractivity contribution in [3.8, 4) is 6.07 Å². The maximum atomic E-state index is 11.0. The molecular weight excluding hydrogens is 384 g/mol. The van der Waals surface area contributed by atoms with Crippen LogP contribution in [0.2, 0.25) is 0 Å². The van der Waals surface area contributed by atoms with Crippen LogP contribution in [-0.2, 0) is 32.3 Å². The number of nitrogens with zero attached hydrogens (tertiary/aromatic N) is 2. The molecule has 0 fully saturated rings. The molecule has 1 unspecified atom stereocenters. The molecule has 0 saturated heterocycles. The number of hydroxylamine groups is 1. The lowest BCUT2D eigenvalue weighted by molar-refractivity contribution is -0.118. The number of primary amides is 1. The molecule has 2 aromatic carbocycles. The Balaban J connectivity index is 1.78. The van der Waals surface area contributed by atoms with E-state index in [9.17, 15) is 4.79 Å². The lowest BCUT2D eigenvalue weighted by atomic mass is 10.2. The van der Waals surface area contributed by atoms with Gasteiger partial charge in [-0.3, -0.25) is 15.1 Å². The standard InChI is InChI=1S/C22H26N4O4/c23-13-21(22(24)27)25-17-26-30-20(16-29-15-19-9-5-2-6-10-19)11-12-28-14-18-7-3-1-4-8-18/h1-10,17,20-21H,11-12,14-16H2,(H2,24,27)(H,25,26)/t20-,21?/m1/s1. The number of hydrogen-bond donors (Lipinski definition) is 2. The Kier molecular flexibility index (Phi) is 10.6. The first-order valence-electron chi connectivity index (χ1n) is 9.54. The maximum Gasteiger partial charge on any atom is 0.256 e. The van der Waals surface area contributed by atoms with Crippen LogP contribution in [0.5, 0.6) is 0 Å². The molecule has 0 heterocycles. The number of rotatable bonds is 14. The molecule has 3 N–H and O–H groups in total.